The van der Waals surface area contributed by atoms with Gasteiger partial charge in [-0.25, -0.2) is 4.57 Å². The lowest BCUT2D eigenvalue weighted by atomic mass is 9.85. The normalized spacial score (nSPS) is 21.9. The van der Waals surface area contributed by atoms with Gasteiger partial charge in [0.25, 0.3) is 0 Å². The van der Waals surface area contributed by atoms with Gasteiger partial charge >= 0.3 is 19.8 Å². The Hall–Kier alpha value is -2.45. The van der Waals surface area contributed by atoms with Crippen molar-refractivity contribution in [3.05, 3.63) is 60.8 Å². The molecular weight excluding hydrogens is 852 g/mol. The van der Waals surface area contributed by atoms with Crippen molar-refractivity contribution in [2.45, 2.75) is 236 Å². The highest BCUT2D eigenvalue weighted by Crippen LogP contribution is 2.47. The molecule has 0 amide bonds. The molecule has 14 heteroatoms. The van der Waals surface area contributed by atoms with Crippen LogP contribution >= 0.6 is 7.82 Å². The van der Waals surface area contributed by atoms with Crippen molar-refractivity contribution in [2.24, 2.45) is 0 Å². The molecule has 1 aliphatic carbocycles. The van der Waals surface area contributed by atoms with Gasteiger partial charge < -0.3 is 39.9 Å². The third-order valence-corrected chi connectivity index (χ3v) is 12.3. The smallest absolute Gasteiger partial charge is 0.462 e. The van der Waals surface area contributed by atoms with E-state index in [-0.39, 0.29) is 12.8 Å². The third kappa shape index (κ3) is 32.8. The second-order valence-corrected chi connectivity index (χ2v) is 18.7. The van der Waals surface area contributed by atoms with Crippen molar-refractivity contribution >= 4 is 19.8 Å². The van der Waals surface area contributed by atoms with E-state index in [4.69, 9.17) is 18.5 Å². The van der Waals surface area contributed by atoms with Gasteiger partial charge in [-0.15, -0.1) is 0 Å². The third-order valence-electron chi connectivity index (χ3n) is 11.3. The Kier molecular flexibility index (Phi) is 37.8. The summed E-state index contributed by atoms with van der Waals surface area (Å²) in [5.41, 5.74) is 0. The lowest BCUT2D eigenvalue weighted by molar-refractivity contribution is -0.220. The maximum Gasteiger partial charge on any atom is 0.472 e. The number of aliphatic hydroxyl groups is 5. The predicted molar refractivity (Wildman–Crippen MR) is 258 cm³/mol. The van der Waals surface area contributed by atoms with Crippen LogP contribution in [0, 0.1) is 0 Å². The fourth-order valence-corrected chi connectivity index (χ4v) is 8.25. The number of rotatable bonds is 41. The quantitative estimate of drug-likeness (QED) is 0.0146. The molecule has 0 aromatic rings. The van der Waals surface area contributed by atoms with E-state index in [1.165, 1.54) is 89.9 Å². The minimum atomic E-state index is -5.14. The minimum absolute atomic E-state index is 0.0189. The molecule has 6 N–H and O–H groups in total. The second-order valence-electron chi connectivity index (χ2n) is 17.3. The first kappa shape index (κ1) is 60.6. The zero-order valence-corrected chi connectivity index (χ0v) is 40.9. The second kappa shape index (κ2) is 40.6. The first-order valence-corrected chi connectivity index (χ1v) is 26.6. The van der Waals surface area contributed by atoms with E-state index in [0.717, 1.165) is 57.8 Å². The molecule has 0 aliphatic heterocycles. The van der Waals surface area contributed by atoms with E-state index < -0.39 is 75.7 Å². The highest BCUT2D eigenvalue weighted by molar-refractivity contribution is 7.47. The standard InChI is InChI=1S/C51H89O13P/c1-3-5-7-9-11-13-15-17-19-21-22-24-25-27-29-31-33-35-37-39-44(52)61-41-43(42-62-65(59,60)64-51-49(57)47(55)46(54)48(56)50(51)58)63-45(53)40-38-36-34-32-30-28-26-23-20-18-16-14-12-10-8-6-4-2/h12,14,17-20,26,28,32,34,43,46-51,54-58H,3-11,13,15-16,21-25,27,29-31,33,35-42H2,1-2H3,(H,59,60)/b14-12+,19-17+,20-18+,28-26+,34-32+/t43-,46?,47-,48?,49?,50?,51?/m0/s1. The van der Waals surface area contributed by atoms with Crippen LogP contribution in [0.5, 0.6) is 0 Å². The fourth-order valence-electron chi connectivity index (χ4n) is 7.27. The van der Waals surface area contributed by atoms with Gasteiger partial charge in [-0.2, -0.15) is 0 Å². The van der Waals surface area contributed by atoms with Crippen molar-refractivity contribution < 1.29 is 63.1 Å². The van der Waals surface area contributed by atoms with Crippen LogP contribution in [0.2, 0.25) is 0 Å². The van der Waals surface area contributed by atoms with Crippen molar-refractivity contribution in [1.82, 2.24) is 0 Å². The number of hydrogen-bond donors (Lipinski definition) is 6. The van der Waals surface area contributed by atoms with Gasteiger partial charge in [-0.3, -0.25) is 18.6 Å². The summed E-state index contributed by atoms with van der Waals surface area (Å²) in [7, 11) is -5.14. The van der Waals surface area contributed by atoms with Gasteiger partial charge in [0.1, 0.15) is 43.2 Å². The van der Waals surface area contributed by atoms with Crippen LogP contribution < -0.4 is 0 Å². The van der Waals surface area contributed by atoms with E-state index in [9.17, 15) is 44.6 Å². The van der Waals surface area contributed by atoms with Crippen molar-refractivity contribution in [2.75, 3.05) is 13.2 Å². The number of allylic oxidation sites excluding steroid dienone is 10. The topological polar surface area (TPSA) is 210 Å². The zero-order chi connectivity index (χ0) is 47.8. The molecule has 0 spiro atoms. The van der Waals surface area contributed by atoms with Gasteiger partial charge in [0.2, 0.25) is 0 Å². The molecule has 0 radical (unpaired) electrons. The van der Waals surface area contributed by atoms with Crippen LogP contribution in [-0.4, -0.2) is 98.3 Å². The number of esters is 2. The Morgan fingerprint density at radius 1 is 0.477 bits per heavy atom. The molecule has 1 fully saturated rings. The molecule has 376 valence electrons. The Bertz CT molecular complexity index is 1370. The van der Waals surface area contributed by atoms with E-state index in [1.807, 2.05) is 12.2 Å². The number of ether oxygens (including phenoxy) is 2. The van der Waals surface area contributed by atoms with E-state index in [2.05, 4.69) is 62.5 Å². The lowest BCUT2D eigenvalue weighted by Gasteiger charge is -2.41. The Balaban J connectivity index is 2.45. The van der Waals surface area contributed by atoms with E-state index >= 15 is 0 Å². The predicted octanol–water partition coefficient (Wildman–Crippen LogP) is 10.5. The molecule has 0 heterocycles. The van der Waals surface area contributed by atoms with Gasteiger partial charge in [-0.1, -0.05) is 164 Å². The molecule has 0 bridgehead atoms. The fraction of sp³-hybridized carbons (Fsp3) is 0.765. The van der Waals surface area contributed by atoms with Crippen LogP contribution in [0.1, 0.15) is 194 Å². The monoisotopic (exact) mass is 941 g/mol. The van der Waals surface area contributed by atoms with Crippen LogP contribution in [0.25, 0.3) is 0 Å². The number of phosphoric ester groups is 1. The summed E-state index contributed by atoms with van der Waals surface area (Å²) in [6, 6.07) is 0. The molecule has 6 unspecified atom stereocenters. The summed E-state index contributed by atoms with van der Waals surface area (Å²) >= 11 is 0. The van der Waals surface area contributed by atoms with E-state index in [0.29, 0.717) is 19.3 Å². The number of carbonyl (C=O) groups is 2. The SMILES string of the molecule is CCCCC/C=C/C/C=C/C/C=C/C/C=C/CCCC(=O)O[C@@H](COC(=O)CCCCCCCCCCC/C=C/CCCCCCCC)COP(=O)(O)OC1C(O)C(O)C(O)[C@H](O)C1O. The zero-order valence-electron chi connectivity index (χ0n) is 40.0. The van der Waals surface area contributed by atoms with E-state index in [1.54, 1.807) is 0 Å². The van der Waals surface area contributed by atoms with Crippen molar-refractivity contribution in [3.8, 4) is 0 Å². The Morgan fingerprint density at radius 2 is 0.846 bits per heavy atom. The molecule has 65 heavy (non-hydrogen) atoms. The van der Waals surface area contributed by atoms with Crippen molar-refractivity contribution in [1.29, 1.82) is 0 Å². The van der Waals surface area contributed by atoms with Gasteiger partial charge in [0.05, 0.1) is 6.61 Å². The maximum absolute atomic E-state index is 12.8. The molecule has 13 nitrogen and oxygen atoms in total. The highest BCUT2D eigenvalue weighted by atomic mass is 31.2. The molecule has 1 rings (SSSR count). The van der Waals surface area contributed by atoms with Gasteiger partial charge in [0.15, 0.2) is 6.10 Å². The molecule has 0 aromatic heterocycles. The number of carbonyl (C=O) groups excluding carboxylic acids is 2. The number of phosphoric acid groups is 1. The largest absolute Gasteiger partial charge is 0.472 e. The summed E-state index contributed by atoms with van der Waals surface area (Å²) < 4.78 is 33.5. The number of aliphatic hydroxyl groups excluding tert-OH is 5. The molecule has 1 saturated carbocycles. The Labute approximate surface area is 392 Å². The van der Waals surface area contributed by atoms with Crippen LogP contribution in [-0.2, 0) is 32.7 Å². The first-order valence-electron chi connectivity index (χ1n) is 25.1. The summed E-state index contributed by atoms with van der Waals surface area (Å²) in [5.74, 6) is -1.17. The maximum atomic E-state index is 12.8. The molecule has 8 atom stereocenters. The molecule has 0 aromatic carbocycles. The summed E-state index contributed by atoms with van der Waals surface area (Å²) in [6.45, 7) is 3.23. The average Bonchev–Trinajstić information content (AvgIpc) is 3.29. The van der Waals surface area contributed by atoms with Gasteiger partial charge in [-0.05, 0) is 77.0 Å². The average molecular weight is 941 g/mol. The molecule has 0 saturated heterocycles. The summed E-state index contributed by atoms with van der Waals surface area (Å²) in [5, 5.41) is 50.2. The van der Waals surface area contributed by atoms with Crippen LogP contribution in [0.15, 0.2) is 60.8 Å². The van der Waals surface area contributed by atoms with Crippen molar-refractivity contribution in [3.63, 3.8) is 0 Å². The minimum Gasteiger partial charge on any atom is -0.462 e. The first-order chi connectivity index (χ1) is 31.4. The summed E-state index contributed by atoms with van der Waals surface area (Å²) in [4.78, 5) is 35.8. The lowest BCUT2D eigenvalue weighted by Crippen LogP contribution is -2.64. The summed E-state index contributed by atoms with van der Waals surface area (Å²) in [6.07, 6.45) is 37.0. The number of unbranched alkanes of at least 4 members (excludes halogenated alkanes) is 19. The molecule has 1 aliphatic rings. The highest BCUT2D eigenvalue weighted by Gasteiger charge is 2.51. The van der Waals surface area contributed by atoms with Crippen LogP contribution in [0.3, 0.4) is 0 Å². The number of hydrogen-bond acceptors (Lipinski definition) is 12. The van der Waals surface area contributed by atoms with Crippen LogP contribution in [0.4, 0.5) is 0 Å². The van der Waals surface area contributed by atoms with Gasteiger partial charge in [0, 0.05) is 12.8 Å². The molecular formula is C51H89O13P. The Morgan fingerprint density at radius 3 is 1.35 bits per heavy atom.